The summed E-state index contributed by atoms with van der Waals surface area (Å²) in [6, 6.07) is 13.2. The second kappa shape index (κ2) is 5.36. The number of hydrogen-bond donors (Lipinski definition) is 1. The van der Waals surface area contributed by atoms with Crippen LogP contribution in [0, 0.1) is 0 Å². The second-order valence-electron chi connectivity index (χ2n) is 5.46. The lowest BCUT2D eigenvalue weighted by Crippen LogP contribution is -2.28. The molecule has 2 aromatic carbocycles. The molecule has 0 bridgehead atoms. The van der Waals surface area contributed by atoms with Crippen LogP contribution in [0.4, 0.5) is 0 Å². The van der Waals surface area contributed by atoms with Crippen molar-refractivity contribution in [2.45, 2.75) is 24.7 Å². The van der Waals surface area contributed by atoms with Crippen LogP contribution < -0.4 is 0 Å². The maximum atomic E-state index is 11.4. The minimum absolute atomic E-state index is 0.0727. The Labute approximate surface area is 133 Å². The highest BCUT2D eigenvalue weighted by Crippen LogP contribution is 2.47. The van der Waals surface area contributed by atoms with E-state index in [9.17, 15) is 9.90 Å². The molecule has 0 aromatic heterocycles. The average Bonchev–Trinajstić information content (AvgIpc) is 2.78. The van der Waals surface area contributed by atoms with E-state index in [2.05, 4.69) is 0 Å². The zero-order valence-electron chi connectivity index (χ0n) is 11.3. The van der Waals surface area contributed by atoms with E-state index in [1.807, 2.05) is 42.5 Å². The minimum Gasteiger partial charge on any atom is -0.481 e. The van der Waals surface area contributed by atoms with Crippen LogP contribution in [-0.4, -0.2) is 11.1 Å². The highest BCUT2D eigenvalue weighted by Gasteiger charge is 2.42. The predicted octanol–water partition coefficient (Wildman–Crippen LogP) is 4.70. The standard InChI is InChI=1S/C17H14Cl2O2/c18-13-3-1-12(2-4-13)17(10-16(20)21)8-7-11-9-14(19)5-6-15(11)17/h1-6,9H,7-8,10H2,(H,20,21)/t17-/m1/s1. The number of carbonyl (C=O) groups is 1. The van der Waals surface area contributed by atoms with Crippen molar-refractivity contribution in [3.8, 4) is 0 Å². The van der Waals surface area contributed by atoms with E-state index < -0.39 is 11.4 Å². The topological polar surface area (TPSA) is 37.3 Å². The SMILES string of the molecule is O=C(O)C[C@@]1(c2ccc(Cl)cc2)CCc2cc(Cl)ccc21. The van der Waals surface area contributed by atoms with Gasteiger partial charge in [-0.3, -0.25) is 4.79 Å². The molecule has 1 N–H and O–H groups in total. The van der Waals surface area contributed by atoms with Crippen LogP contribution in [0.3, 0.4) is 0 Å². The molecule has 4 heteroatoms. The summed E-state index contributed by atoms with van der Waals surface area (Å²) in [5.74, 6) is -0.798. The first-order chi connectivity index (χ1) is 10.0. The van der Waals surface area contributed by atoms with E-state index in [-0.39, 0.29) is 6.42 Å². The molecule has 0 fully saturated rings. The molecule has 0 saturated carbocycles. The minimum atomic E-state index is -0.798. The lowest BCUT2D eigenvalue weighted by molar-refractivity contribution is -0.138. The fraction of sp³-hybridized carbons (Fsp3) is 0.235. The summed E-state index contributed by atoms with van der Waals surface area (Å²) in [5.41, 5.74) is 2.71. The molecule has 2 aromatic rings. The van der Waals surface area contributed by atoms with Gasteiger partial charge in [0.2, 0.25) is 0 Å². The van der Waals surface area contributed by atoms with Crippen molar-refractivity contribution in [3.63, 3.8) is 0 Å². The van der Waals surface area contributed by atoms with Crippen molar-refractivity contribution in [3.05, 3.63) is 69.2 Å². The van der Waals surface area contributed by atoms with Crippen molar-refractivity contribution in [2.24, 2.45) is 0 Å². The normalized spacial score (nSPS) is 20.3. The molecule has 0 aliphatic heterocycles. The van der Waals surface area contributed by atoms with Crippen molar-refractivity contribution in [2.75, 3.05) is 0 Å². The number of rotatable bonds is 3. The number of aliphatic carboxylic acids is 1. The molecule has 0 radical (unpaired) electrons. The van der Waals surface area contributed by atoms with Gasteiger partial charge in [0.15, 0.2) is 0 Å². The molecule has 108 valence electrons. The van der Waals surface area contributed by atoms with Gasteiger partial charge >= 0.3 is 5.97 Å². The zero-order chi connectivity index (χ0) is 15.0. The zero-order valence-corrected chi connectivity index (χ0v) is 12.8. The molecule has 0 heterocycles. The molecular formula is C17H14Cl2O2. The monoisotopic (exact) mass is 320 g/mol. The largest absolute Gasteiger partial charge is 0.481 e. The Hall–Kier alpha value is -1.51. The van der Waals surface area contributed by atoms with Gasteiger partial charge in [0, 0.05) is 15.5 Å². The summed E-state index contributed by atoms with van der Waals surface area (Å²) in [5, 5.41) is 10.7. The fourth-order valence-electron chi connectivity index (χ4n) is 3.33. The van der Waals surface area contributed by atoms with E-state index in [1.165, 1.54) is 0 Å². The Morgan fingerprint density at radius 3 is 2.43 bits per heavy atom. The molecule has 0 saturated heterocycles. The quantitative estimate of drug-likeness (QED) is 0.889. The summed E-state index contributed by atoms with van der Waals surface area (Å²) in [7, 11) is 0. The maximum absolute atomic E-state index is 11.4. The molecule has 21 heavy (non-hydrogen) atoms. The number of benzene rings is 2. The summed E-state index contributed by atoms with van der Waals surface area (Å²) < 4.78 is 0. The Morgan fingerprint density at radius 2 is 1.76 bits per heavy atom. The van der Waals surface area contributed by atoms with Gasteiger partial charge in [-0.25, -0.2) is 0 Å². The van der Waals surface area contributed by atoms with Gasteiger partial charge < -0.3 is 5.11 Å². The number of fused-ring (bicyclic) bond motifs is 1. The summed E-state index contributed by atoms with van der Waals surface area (Å²) in [6.07, 6.45) is 1.69. The van der Waals surface area contributed by atoms with E-state index in [4.69, 9.17) is 23.2 Å². The van der Waals surface area contributed by atoms with Crippen LogP contribution >= 0.6 is 23.2 Å². The van der Waals surface area contributed by atoms with Crippen LogP contribution in [-0.2, 0) is 16.6 Å². The smallest absolute Gasteiger partial charge is 0.304 e. The lowest BCUT2D eigenvalue weighted by Gasteiger charge is -2.29. The van der Waals surface area contributed by atoms with Crippen molar-refractivity contribution in [1.29, 1.82) is 0 Å². The maximum Gasteiger partial charge on any atom is 0.304 e. The molecular weight excluding hydrogens is 307 g/mol. The number of carboxylic acids is 1. The van der Waals surface area contributed by atoms with Crippen LogP contribution in [0.2, 0.25) is 10.0 Å². The van der Waals surface area contributed by atoms with Crippen LogP contribution in [0.5, 0.6) is 0 Å². The Morgan fingerprint density at radius 1 is 1.10 bits per heavy atom. The molecule has 0 unspecified atom stereocenters. The fourth-order valence-corrected chi connectivity index (χ4v) is 3.65. The number of carboxylic acid groups (broad SMARTS) is 1. The van der Waals surface area contributed by atoms with E-state index in [0.717, 1.165) is 29.5 Å². The Balaban J connectivity index is 2.17. The van der Waals surface area contributed by atoms with Crippen molar-refractivity contribution >= 4 is 29.2 Å². The molecule has 1 aliphatic rings. The summed E-state index contributed by atoms with van der Waals surface area (Å²) >= 11 is 12.0. The molecule has 3 rings (SSSR count). The van der Waals surface area contributed by atoms with Crippen molar-refractivity contribution < 1.29 is 9.90 Å². The number of halogens is 2. The average molecular weight is 321 g/mol. The summed E-state index contributed by atoms with van der Waals surface area (Å²) in [6.45, 7) is 0. The summed E-state index contributed by atoms with van der Waals surface area (Å²) in [4.78, 5) is 11.4. The molecule has 1 atom stereocenters. The first-order valence-electron chi connectivity index (χ1n) is 6.78. The Kier molecular flexibility index (Phi) is 3.68. The third-order valence-corrected chi connectivity index (χ3v) is 4.74. The predicted molar refractivity (Wildman–Crippen MR) is 84.3 cm³/mol. The third-order valence-electron chi connectivity index (χ3n) is 4.25. The van der Waals surface area contributed by atoms with Gasteiger partial charge in [-0.15, -0.1) is 0 Å². The van der Waals surface area contributed by atoms with Gasteiger partial charge in [0.1, 0.15) is 0 Å². The van der Waals surface area contributed by atoms with Crippen LogP contribution in [0.15, 0.2) is 42.5 Å². The van der Waals surface area contributed by atoms with Crippen molar-refractivity contribution in [1.82, 2.24) is 0 Å². The lowest BCUT2D eigenvalue weighted by atomic mass is 9.73. The second-order valence-corrected chi connectivity index (χ2v) is 6.33. The highest BCUT2D eigenvalue weighted by molar-refractivity contribution is 6.30. The Bertz CT molecular complexity index is 694. The molecule has 1 aliphatic carbocycles. The van der Waals surface area contributed by atoms with E-state index >= 15 is 0 Å². The highest BCUT2D eigenvalue weighted by atomic mass is 35.5. The molecule has 0 spiro atoms. The van der Waals surface area contributed by atoms with Crippen LogP contribution in [0.1, 0.15) is 29.5 Å². The van der Waals surface area contributed by atoms with Gasteiger partial charge in [0.25, 0.3) is 0 Å². The van der Waals surface area contributed by atoms with Gasteiger partial charge in [0.05, 0.1) is 6.42 Å². The first-order valence-corrected chi connectivity index (χ1v) is 7.54. The third kappa shape index (κ3) is 2.54. The first kappa shape index (κ1) is 14.4. The molecule has 2 nitrogen and oxygen atoms in total. The molecule has 0 amide bonds. The van der Waals surface area contributed by atoms with Gasteiger partial charge in [-0.1, -0.05) is 41.4 Å². The van der Waals surface area contributed by atoms with Gasteiger partial charge in [-0.05, 0) is 53.8 Å². The van der Waals surface area contributed by atoms with E-state index in [0.29, 0.717) is 10.0 Å². The number of hydrogen-bond acceptors (Lipinski definition) is 1. The van der Waals surface area contributed by atoms with E-state index in [1.54, 1.807) is 0 Å². The van der Waals surface area contributed by atoms with Gasteiger partial charge in [-0.2, -0.15) is 0 Å². The van der Waals surface area contributed by atoms with Crippen LogP contribution in [0.25, 0.3) is 0 Å². The number of aryl methyl sites for hydroxylation is 1.